The van der Waals surface area contributed by atoms with E-state index in [2.05, 4.69) is 15.3 Å². The largest absolute Gasteiger partial charge is 0.480 e. The van der Waals surface area contributed by atoms with Crippen molar-refractivity contribution in [2.45, 2.75) is 26.3 Å². The number of carboxylic acids is 1. The molecule has 2 heterocycles. The molecular formula is C16H17N3O3. The molecule has 3 aromatic rings. The number of aromatic nitrogens is 2. The summed E-state index contributed by atoms with van der Waals surface area (Å²) in [6.45, 7) is 3.85. The number of aliphatic carboxylic acids is 1. The van der Waals surface area contributed by atoms with Crippen LogP contribution in [-0.4, -0.2) is 27.1 Å². The van der Waals surface area contributed by atoms with Crippen LogP contribution in [0.5, 0.6) is 0 Å². The van der Waals surface area contributed by atoms with Gasteiger partial charge < -0.3 is 14.8 Å². The lowest BCUT2D eigenvalue weighted by atomic mass is 9.99. The second kappa shape index (κ2) is 5.63. The van der Waals surface area contributed by atoms with Crippen molar-refractivity contribution >= 4 is 33.9 Å². The number of hydrogen-bond acceptors (Lipinski definition) is 5. The Morgan fingerprint density at radius 1 is 1.36 bits per heavy atom. The van der Waals surface area contributed by atoms with Crippen molar-refractivity contribution in [1.29, 1.82) is 0 Å². The van der Waals surface area contributed by atoms with Crippen LogP contribution >= 0.6 is 0 Å². The maximum absolute atomic E-state index is 11.5. The van der Waals surface area contributed by atoms with E-state index in [0.29, 0.717) is 22.5 Å². The fraction of sp³-hybridized carbons (Fsp3) is 0.312. The van der Waals surface area contributed by atoms with Crippen LogP contribution in [0.4, 0.5) is 5.82 Å². The highest BCUT2D eigenvalue weighted by Gasteiger charge is 2.25. The second-order valence-electron chi connectivity index (χ2n) is 5.34. The Morgan fingerprint density at radius 3 is 2.86 bits per heavy atom. The van der Waals surface area contributed by atoms with Crippen LogP contribution in [0.3, 0.4) is 0 Å². The van der Waals surface area contributed by atoms with Crippen LogP contribution < -0.4 is 5.32 Å². The first-order valence-corrected chi connectivity index (χ1v) is 7.23. The summed E-state index contributed by atoms with van der Waals surface area (Å²) < 4.78 is 5.80. The third kappa shape index (κ3) is 2.36. The van der Waals surface area contributed by atoms with Gasteiger partial charge in [-0.3, -0.25) is 0 Å². The molecule has 2 N–H and O–H groups in total. The molecule has 6 nitrogen and oxygen atoms in total. The van der Waals surface area contributed by atoms with Gasteiger partial charge in [0.25, 0.3) is 0 Å². The van der Waals surface area contributed by atoms with Gasteiger partial charge in [-0.15, -0.1) is 0 Å². The van der Waals surface area contributed by atoms with Gasteiger partial charge in [-0.1, -0.05) is 32.4 Å². The van der Waals surface area contributed by atoms with E-state index >= 15 is 0 Å². The summed E-state index contributed by atoms with van der Waals surface area (Å²) in [5.41, 5.74) is 1.87. The maximum atomic E-state index is 11.5. The van der Waals surface area contributed by atoms with Crippen molar-refractivity contribution < 1.29 is 14.3 Å². The van der Waals surface area contributed by atoms with Crippen LogP contribution in [-0.2, 0) is 4.79 Å². The van der Waals surface area contributed by atoms with Gasteiger partial charge in [-0.2, -0.15) is 0 Å². The van der Waals surface area contributed by atoms with Gasteiger partial charge in [0, 0.05) is 5.39 Å². The molecule has 0 aliphatic heterocycles. The number of fused-ring (bicyclic) bond motifs is 3. The van der Waals surface area contributed by atoms with Crippen molar-refractivity contribution in [3.05, 3.63) is 30.6 Å². The SMILES string of the molecule is CC[C@@H](C)[C@@H](Nc1ncnc2c1oc1ccccc12)C(=O)O. The molecule has 0 aliphatic carbocycles. The fourth-order valence-corrected chi connectivity index (χ4v) is 2.46. The third-order valence-electron chi connectivity index (χ3n) is 3.93. The number of para-hydroxylation sites is 1. The monoisotopic (exact) mass is 299 g/mol. The number of rotatable bonds is 5. The van der Waals surface area contributed by atoms with E-state index in [-0.39, 0.29) is 5.92 Å². The first-order chi connectivity index (χ1) is 10.6. The van der Waals surface area contributed by atoms with Crippen LogP contribution in [0.2, 0.25) is 0 Å². The highest BCUT2D eigenvalue weighted by molar-refractivity contribution is 6.05. The van der Waals surface area contributed by atoms with Crippen LogP contribution in [0.15, 0.2) is 35.0 Å². The first-order valence-electron chi connectivity index (χ1n) is 7.23. The summed E-state index contributed by atoms with van der Waals surface area (Å²) in [6, 6.07) is 6.83. The highest BCUT2D eigenvalue weighted by atomic mass is 16.4. The summed E-state index contributed by atoms with van der Waals surface area (Å²) in [5, 5.41) is 13.3. The van der Waals surface area contributed by atoms with Crippen LogP contribution in [0, 0.1) is 5.92 Å². The second-order valence-corrected chi connectivity index (χ2v) is 5.34. The summed E-state index contributed by atoms with van der Waals surface area (Å²) >= 11 is 0. The molecule has 22 heavy (non-hydrogen) atoms. The molecule has 0 bridgehead atoms. The van der Waals surface area contributed by atoms with E-state index in [1.165, 1.54) is 6.33 Å². The zero-order chi connectivity index (χ0) is 15.7. The Kier molecular flexibility index (Phi) is 3.66. The van der Waals surface area contributed by atoms with Gasteiger partial charge >= 0.3 is 5.97 Å². The van der Waals surface area contributed by atoms with Crippen LogP contribution in [0.1, 0.15) is 20.3 Å². The predicted molar refractivity (Wildman–Crippen MR) is 83.8 cm³/mol. The maximum Gasteiger partial charge on any atom is 0.326 e. The van der Waals surface area contributed by atoms with Crippen molar-refractivity contribution in [3.63, 3.8) is 0 Å². The first kappa shape index (κ1) is 14.3. The van der Waals surface area contributed by atoms with Gasteiger partial charge in [0.05, 0.1) is 0 Å². The molecule has 0 amide bonds. The lowest BCUT2D eigenvalue weighted by molar-refractivity contribution is -0.139. The van der Waals surface area contributed by atoms with Gasteiger partial charge in [-0.05, 0) is 18.1 Å². The van der Waals surface area contributed by atoms with Crippen molar-refractivity contribution in [2.24, 2.45) is 5.92 Å². The number of carboxylic acid groups (broad SMARTS) is 1. The predicted octanol–water partition coefficient (Wildman–Crippen LogP) is 3.29. The molecule has 114 valence electrons. The molecule has 3 rings (SSSR count). The topological polar surface area (TPSA) is 88.3 Å². The average Bonchev–Trinajstić information content (AvgIpc) is 2.91. The highest BCUT2D eigenvalue weighted by Crippen LogP contribution is 2.31. The summed E-state index contributed by atoms with van der Waals surface area (Å²) in [4.78, 5) is 19.9. The standard InChI is InChI=1S/C16H17N3O3/c1-3-9(2)12(16(20)21)19-15-14-13(17-8-18-15)10-6-4-5-7-11(10)22-14/h4-9,12H,3H2,1-2H3,(H,20,21)(H,17,18,19)/t9-,12-/m1/s1. The van der Waals surface area contributed by atoms with Gasteiger partial charge in [0.1, 0.15) is 23.5 Å². The Bertz CT molecular complexity index is 828. The van der Waals surface area contributed by atoms with Crippen LogP contribution in [0.25, 0.3) is 22.1 Å². The zero-order valence-corrected chi connectivity index (χ0v) is 12.4. The lowest BCUT2D eigenvalue weighted by Gasteiger charge is -2.20. The molecule has 0 saturated carbocycles. The molecule has 2 atom stereocenters. The number of nitrogens with one attached hydrogen (secondary N) is 1. The average molecular weight is 299 g/mol. The number of anilines is 1. The molecule has 0 unspecified atom stereocenters. The minimum atomic E-state index is -0.905. The Hall–Kier alpha value is -2.63. The smallest absolute Gasteiger partial charge is 0.326 e. The molecule has 0 aliphatic rings. The fourth-order valence-electron chi connectivity index (χ4n) is 2.46. The zero-order valence-electron chi connectivity index (χ0n) is 12.4. The summed E-state index contributed by atoms with van der Waals surface area (Å²) in [6.07, 6.45) is 2.17. The molecular weight excluding hydrogens is 282 g/mol. The lowest BCUT2D eigenvalue weighted by Crippen LogP contribution is -2.35. The van der Waals surface area contributed by atoms with E-state index in [1.54, 1.807) is 0 Å². The normalized spacial score (nSPS) is 14.1. The number of nitrogens with zero attached hydrogens (tertiary/aromatic N) is 2. The molecule has 6 heteroatoms. The minimum absolute atomic E-state index is 0.0353. The third-order valence-corrected chi connectivity index (χ3v) is 3.93. The van der Waals surface area contributed by atoms with Crippen molar-refractivity contribution in [1.82, 2.24) is 9.97 Å². The van der Waals surface area contributed by atoms with E-state index in [4.69, 9.17) is 4.42 Å². The number of hydrogen-bond donors (Lipinski definition) is 2. The molecule has 0 spiro atoms. The molecule has 0 saturated heterocycles. The Balaban J connectivity index is 2.09. The van der Waals surface area contributed by atoms with Crippen molar-refractivity contribution in [2.75, 3.05) is 5.32 Å². The number of furan rings is 1. The van der Waals surface area contributed by atoms with Gasteiger partial charge in [0.2, 0.25) is 0 Å². The minimum Gasteiger partial charge on any atom is -0.480 e. The Labute approximate surface area is 127 Å². The van der Waals surface area contributed by atoms with E-state index in [1.807, 2.05) is 38.1 Å². The number of benzene rings is 1. The molecule has 0 fully saturated rings. The van der Waals surface area contributed by atoms with E-state index < -0.39 is 12.0 Å². The quantitative estimate of drug-likeness (QED) is 0.751. The van der Waals surface area contributed by atoms with E-state index in [9.17, 15) is 9.90 Å². The molecule has 1 aromatic carbocycles. The Morgan fingerprint density at radius 2 is 2.14 bits per heavy atom. The summed E-state index contributed by atoms with van der Waals surface area (Å²) in [7, 11) is 0. The number of carbonyl (C=O) groups is 1. The van der Waals surface area contributed by atoms with Crippen molar-refractivity contribution in [3.8, 4) is 0 Å². The van der Waals surface area contributed by atoms with Gasteiger partial charge in [0.15, 0.2) is 11.4 Å². The summed E-state index contributed by atoms with van der Waals surface area (Å²) in [5.74, 6) is -0.530. The molecule has 2 aromatic heterocycles. The van der Waals surface area contributed by atoms with E-state index in [0.717, 1.165) is 11.8 Å². The van der Waals surface area contributed by atoms with Gasteiger partial charge in [-0.25, -0.2) is 14.8 Å². The molecule has 0 radical (unpaired) electrons.